The average Bonchev–Trinajstić information content (AvgIpc) is 3.29. The molecule has 2 saturated heterocycles. The standard InChI is InChI=1S/C28H44N6O/c1-23-22-30-28(24-8-6-9-26(12-11-24)34-18-16-32(2)17-19-34)31-27(23)29-14-4-5-15-33(3)25-10-7-20-35-21-13-25/h6,8,11-12,22,25H,4-5,7,9-10,13-21H2,1-3H3,(H,29,30,31). The van der Waals surface area contributed by atoms with E-state index >= 15 is 0 Å². The summed E-state index contributed by atoms with van der Waals surface area (Å²) in [6.07, 6.45) is 17.7. The maximum absolute atomic E-state index is 5.61. The summed E-state index contributed by atoms with van der Waals surface area (Å²) in [5, 5.41) is 3.57. The number of ether oxygens (including phenoxy) is 1. The van der Waals surface area contributed by atoms with E-state index in [9.17, 15) is 0 Å². The molecule has 0 spiro atoms. The first-order valence-corrected chi connectivity index (χ1v) is 13.5. The second-order valence-corrected chi connectivity index (χ2v) is 10.2. The Morgan fingerprint density at radius 3 is 2.83 bits per heavy atom. The number of allylic oxidation sites excluding steroid dienone is 5. The van der Waals surface area contributed by atoms with E-state index in [1.165, 1.54) is 25.0 Å². The third kappa shape index (κ3) is 7.63. The van der Waals surface area contributed by atoms with E-state index < -0.39 is 0 Å². The lowest BCUT2D eigenvalue weighted by Gasteiger charge is -2.35. The van der Waals surface area contributed by atoms with Crippen molar-refractivity contribution in [3.05, 3.63) is 47.6 Å². The van der Waals surface area contributed by atoms with Crippen LogP contribution >= 0.6 is 0 Å². The van der Waals surface area contributed by atoms with Crippen molar-refractivity contribution in [1.29, 1.82) is 0 Å². The third-order valence-corrected chi connectivity index (χ3v) is 7.49. The Kier molecular flexibility index (Phi) is 9.74. The van der Waals surface area contributed by atoms with Gasteiger partial charge in [-0.3, -0.25) is 0 Å². The van der Waals surface area contributed by atoms with E-state index in [0.717, 1.165) is 94.5 Å². The van der Waals surface area contributed by atoms with Crippen molar-refractivity contribution in [2.45, 2.75) is 51.5 Å². The van der Waals surface area contributed by atoms with Crippen molar-refractivity contribution in [3.63, 3.8) is 0 Å². The lowest BCUT2D eigenvalue weighted by molar-refractivity contribution is 0.134. The maximum Gasteiger partial charge on any atom is 0.161 e. The van der Waals surface area contributed by atoms with Gasteiger partial charge in [-0.2, -0.15) is 0 Å². The van der Waals surface area contributed by atoms with Crippen molar-refractivity contribution in [3.8, 4) is 0 Å². The van der Waals surface area contributed by atoms with E-state index in [2.05, 4.69) is 70.3 Å². The number of hydrogen-bond acceptors (Lipinski definition) is 7. The first-order chi connectivity index (χ1) is 17.1. The molecule has 35 heavy (non-hydrogen) atoms. The zero-order valence-electron chi connectivity index (χ0n) is 22.0. The Balaban J connectivity index is 1.28. The normalized spacial score (nSPS) is 21.9. The summed E-state index contributed by atoms with van der Waals surface area (Å²) in [4.78, 5) is 17.0. The molecule has 1 aromatic heterocycles. The molecule has 0 saturated carbocycles. The predicted octanol–water partition coefficient (Wildman–Crippen LogP) is 3.95. The van der Waals surface area contributed by atoms with Gasteiger partial charge in [-0.15, -0.1) is 0 Å². The molecule has 192 valence electrons. The van der Waals surface area contributed by atoms with Crippen LogP contribution < -0.4 is 5.32 Å². The highest BCUT2D eigenvalue weighted by molar-refractivity contribution is 5.72. The van der Waals surface area contributed by atoms with Gasteiger partial charge in [0.1, 0.15) is 5.82 Å². The summed E-state index contributed by atoms with van der Waals surface area (Å²) in [6.45, 7) is 10.4. The quantitative estimate of drug-likeness (QED) is 0.537. The molecule has 4 rings (SSSR count). The molecule has 1 aromatic rings. The molecule has 0 aromatic carbocycles. The van der Waals surface area contributed by atoms with Crippen LogP contribution in [0.3, 0.4) is 0 Å². The van der Waals surface area contributed by atoms with Gasteiger partial charge >= 0.3 is 0 Å². The Morgan fingerprint density at radius 1 is 1.11 bits per heavy atom. The Bertz CT molecular complexity index is 895. The van der Waals surface area contributed by atoms with Crippen LogP contribution in [0.1, 0.15) is 49.9 Å². The van der Waals surface area contributed by atoms with Crippen LogP contribution in [0.2, 0.25) is 0 Å². The zero-order valence-corrected chi connectivity index (χ0v) is 22.0. The van der Waals surface area contributed by atoms with Crippen LogP contribution in [0.4, 0.5) is 5.82 Å². The van der Waals surface area contributed by atoms with E-state index in [4.69, 9.17) is 9.72 Å². The Morgan fingerprint density at radius 2 is 1.97 bits per heavy atom. The van der Waals surface area contributed by atoms with Gasteiger partial charge in [0, 0.05) is 81.4 Å². The maximum atomic E-state index is 5.61. The summed E-state index contributed by atoms with van der Waals surface area (Å²) < 4.78 is 5.61. The number of likely N-dealkylation sites (N-methyl/N-ethyl adjacent to an activating group) is 1. The van der Waals surface area contributed by atoms with E-state index in [0.29, 0.717) is 6.04 Å². The predicted molar refractivity (Wildman–Crippen MR) is 144 cm³/mol. The van der Waals surface area contributed by atoms with E-state index in [-0.39, 0.29) is 0 Å². The number of unbranched alkanes of at least 4 members (excludes halogenated alkanes) is 1. The van der Waals surface area contributed by atoms with Crippen LogP contribution in [0.25, 0.3) is 5.57 Å². The van der Waals surface area contributed by atoms with Crippen molar-refractivity contribution in [1.82, 2.24) is 24.7 Å². The molecule has 3 heterocycles. The van der Waals surface area contributed by atoms with Gasteiger partial charge in [0.15, 0.2) is 5.82 Å². The summed E-state index contributed by atoms with van der Waals surface area (Å²) in [6, 6.07) is 0.670. The van der Waals surface area contributed by atoms with Gasteiger partial charge in [0.05, 0.1) is 0 Å². The molecule has 1 aliphatic carbocycles. The number of hydrogen-bond donors (Lipinski definition) is 1. The van der Waals surface area contributed by atoms with Gasteiger partial charge in [-0.1, -0.05) is 12.2 Å². The van der Waals surface area contributed by atoms with Gasteiger partial charge in [-0.05, 0) is 71.8 Å². The SMILES string of the molecule is Cc1cnc(C2=CC=C(N3CCN(C)CC3)CC=C2)nc1NCCCCN(C)C1CCCOCC1. The van der Waals surface area contributed by atoms with Crippen molar-refractivity contribution >= 4 is 11.4 Å². The Labute approximate surface area is 211 Å². The van der Waals surface area contributed by atoms with Gasteiger partial charge in [0.2, 0.25) is 0 Å². The fourth-order valence-corrected chi connectivity index (χ4v) is 5.06. The van der Waals surface area contributed by atoms with Gasteiger partial charge in [-0.25, -0.2) is 9.97 Å². The number of piperazine rings is 1. The molecule has 7 heteroatoms. The van der Waals surface area contributed by atoms with Crippen molar-refractivity contribution in [2.75, 3.05) is 71.9 Å². The molecule has 1 N–H and O–H groups in total. The molecular weight excluding hydrogens is 436 g/mol. The lowest BCUT2D eigenvalue weighted by atomic mass is 10.1. The van der Waals surface area contributed by atoms with Crippen LogP contribution in [0.5, 0.6) is 0 Å². The second kappa shape index (κ2) is 13.2. The number of nitrogens with one attached hydrogen (secondary N) is 1. The molecule has 7 nitrogen and oxygen atoms in total. The van der Waals surface area contributed by atoms with Gasteiger partial charge in [0.25, 0.3) is 0 Å². The topological polar surface area (TPSA) is 56.8 Å². The summed E-state index contributed by atoms with van der Waals surface area (Å²) in [5.41, 5.74) is 3.55. The average molecular weight is 481 g/mol. The minimum atomic E-state index is 0.670. The number of nitrogens with zero attached hydrogens (tertiary/aromatic N) is 5. The molecule has 0 bridgehead atoms. The molecule has 1 atom stereocenters. The number of anilines is 1. The lowest BCUT2D eigenvalue weighted by Crippen LogP contribution is -2.43. The zero-order chi connectivity index (χ0) is 24.5. The molecule has 2 aliphatic heterocycles. The minimum absolute atomic E-state index is 0.670. The number of aryl methyl sites for hydroxylation is 1. The van der Waals surface area contributed by atoms with E-state index in [1.807, 2.05) is 6.20 Å². The minimum Gasteiger partial charge on any atom is -0.381 e. The number of aromatic nitrogens is 2. The molecule has 1 unspecified atom stereocenters. The summed E-state index contributed by atoms with van der Waals surface area (Å²) in [7, 11) is 4.46. The fraction of sp³-hybridized carbons (Fsp3) is 0.643. The van der Waals surface area contributed by atoms with Gasteiger partial charge < -0.3 is 24.8 Å². The smallest absolute Gasteiger partial charge is 0.161 e. The third-order valence-electron chi connectivity index (χ3n) is 7.49. The van der Waals surface area contributed by atoms with Crippen LogP contribution in [-0.2, 0) is 4.74 Å². The highest BCUT2D eigenvalue weighted by Gasteiger charge is 2.18. The monoisotopic (exact) mass is 480 g/mol. The largest absolute Gasteiger partial charge is 0.381 e. The van der Waals surface area contributed by atoms with Crippen LogP contribution in [0, 0.1) is 6.92 Å². The molecular formula is C28H44N6O. The first-order valence-electron chi connectivity index (χ1n) is 13.5. The Hall–Kier alpha value is -2.22. The molecule has 3 aliphatic rings. The molecule has 2 fully saturated rings. The fourth-order valence-electron chi connectivity index (χ4n) is 5.06. The highest BCUT2D eigenvalue weighted by atomic mass is 16.5. The van der Waals surface area contributed by atoms with Crippen molar-refractivity contribution < 1.29 is 4.74 Å². The van der Waals surface area contributed by atoms with Crippen LogP contribution in [-0.4, -0.2) is 97.3 Å². The van der Waals surface area contributed by atoms with Crippen molar-refractivity contribution in [2.24, 2.45) is 0 Å². The first kappa shape index (κ1) is 25.9. The number of rotatable bonds is 9. The summed E-state index contributed by atoms with van der Waals surface area (Å²) >= 11 is 0. The van der Waals surface area contributed by atoms with Crippen LogP contribution in [0.15, 0.2) is 36.2 Å². The van der Waals surface area contributed by atoms with E-state index in [1.54, 1.807) is 0 Å². The molecule has 0 radical (unpaired) electrons. The second-order valence-electron chi connectivity index (χ2n) is 10.2. The highest BCUT2D eigenvalue weighted by Crippen LogP contribution is 2.23. The molecule has 0 amide bonds. The summed E-state index contributed by atoms with van der Waals surface area (Å²) in [5.74, 6) is 1.74.